The monoisotopic (exact) mass is 276 g/mol. The molecule has 0 aliphatic heterocycles. The van der Waals surface area contributed by atoms with Gasteiger partial charge in [0.1, 0.15) is 5.54 Å². The second-order valence-electron chi connectivity index (χ2n) is 5.06. The number of carbonyl (C=O) groups is 1. The largest absolute Gasteiger partial charge is 0.297 e. The second-order valence-corrected chi connectivity index (χ2v) is 5.50. The van der Waals surface area contributed by atoms with E-state index < -0.39 is 5.54 Å². The van der Waals surface area contributed by atoms with E-state index in [2.05, 4.69) is 5.10 Å². The van der Waals surface area contributed by atoms with Crippen LogP contribution >= 0.6 is 11.6 Å². The number of hydrogen-bond acceptors (Lipinski definition) is 2. The van der Waals surface area contributed by atoms with E-state index in [4.69, 9.17) is 11.6 Å². The summed E-state index contributed by atoms with van der Waals surface area (Å²) in [6, 6.07) is 9.43. The number of halogens is 1. The highest BCUT2D eigenvalue weighted by atomic mass is 35.5. The molecule has 0 aliphatic rings. The lowest BCUT2D eigenvalue weighted by Gasteiger charge is -2.23. The van der Waals surface area contributed by atoms with Crippen molar-refractivity contribution in [2.75, 3.05) is 0 Å². The molecule has 0 radical (unpaired) electrons. The number of hydrogen-bond donors (Lipinski definition) is 0. The Bertz CT molecular complexity index is 544. The van der Waals surface area contributed by atoms with Gasteiger partial charge in [-0.25, -0.2) is 0 Å². The van der Waals surface area contributed by atoms with Gasteiger partial charge < -0.3 is 0 Å². The van der Waals surface area contributed by atoms with Crippen molar-refractivity contribution >= 4 is 17.4 Å². The highest BCUT2D eigenvalue weighted by Crippen LogP contribution is 2.19. The summed E-state index contributed by atoms with van der Waals surface area (Å²) in [4.78, 5) is 12.3. The Kier molecular flexibility index (Phi) is 4.05. The minimum Gasteiger partial charge on any atom is -0.297 e. The molecule has 0 bridgehead atoms. The molecule has 2 aromatic rings. The van der Waals surface area contributed by atoms with Crippen LogP contribution in [0.2, 0.25) is 5.02 Å². The van der Waals surface area contributed by atoms with Gasteiger partial charge in [-0.3, -0.25) is 9.48 Å². The molecule has 0 saturated carbocycles. The molecular weight excluding hydrogens is 260 g/mol. The van der Waals surface area contributed by atoms with Gasteiger partial charge in [0.05, 0.1) is 0 Å². The van der Waals surface area contributed by atoms with E-state index in [0.29, 0.717) is 11.4 Å². The van der Waals surface area contributed by atoms with Crippen LogP contribution in [-0.2, 0) is 16.8 Å². The van der Waals surface area contributed by atoms with E-state index in [1.165, 1.54) is 0 Å². The molecule has 1 aromatic carbocycles. The van der Waals surface area contributed by atoms with E-state index in [-0.39, 0.29) is 5.78 Å². The summed E-state index contributed by atoms with van der Waals surface area (Å²) in [5.74, 6) is 0.172. The SMILES string of the molecule is CC(C)(C(=O)CCc1ccc(Cl)cc1)n1cccn1. The fourth-order valence-electron chi connectivity index (χ4n) is 1.94. The Balaban J connectivity index is 2.00. The molecule has 4 heteroatoms. The number of rotatable bonds is 5. The fourth-order valence-corrected chi connectivity index (χ4v) is 2.07. The lowest BCUT2D eigenvalue weighted by molar-refractivity contribution is -0.126. The third-order valence-corrected chi connectivity index (χ3v) is 3.57. The highest BCUT2D eigenvalue weighted by Gasteiger charge is 2.29. The lowest BCUT2D eigenvalue weighted by atomic mass is 9.94. The van der Waals surface area contributed by atoms with E-state index in [0.717, 1.165) is 12.0 Å². The van der Waals surface area contributed by atoms with Crippen LogP contribution in [0.25, 0.3) is 0 Å². The van der Waals surface area contributed by atoms with E-state index >= 15 is 0 Å². The van der Waals surface area contributed by atoms with Crippen molar-refractivity contribution < 1.29 is 4.79 Å². The summed E-state index contributed by atoms with van der Waals surface area (Å²) < 4.78 is 1.71. The molecule has 0 saturated heterocycles. The molecule has 100 valence electrons. The van der Waals surface area contributed by atoms with Crippen molar-refractivity contribution in [3.05, 3.63) is 53.3 Å². The maximum absolute atomic E-state index is 12.3. The highest BCUT2D eigenvalue weighted by molar-refractivity contribution is 6.30. The van der Waals surface area contributed by atoms with Gasteiger partial charge in [0, 0.05) is 23.8 Å². The number of ketones is 1. The number of aromatic nitrogens is 2. The summed E-state index contributed by atoms with van der Waals surface area (Å²) in [5.41, 5.74) is 0.518. The van der Waals surface area contributed by atoms with Crippen LogP contribution in [0.5, 0.6) is 0 Å². The normalized spacial score (nSPS) is 11.5. The number of carbonyl (C=O) groups excluding carboxylic acids is 1. The zero-order valence-corrected chi connectivity index (χ0v) is 11.9. The Morgan fingerprint density at radius 3 is 2.58 bits per heavy atom. The van der Waals surface area contributed by atoms with Crippen molar-refractivity contribution in [2.24, 2.45) is 0 Å². The molecular formula is C15H17ClN2O. The number of aryl methyl sites for hydroxylation is 1. The van der Waals surface area contributed by atoms with Crippen LogP contribution in [-0.4, -0.2) is 15.6 Å². The lowest BCUT2D eigenvalue weighted by Crippen LogP contribution is -2.36. The quantitative estimate of drug-likeness (QED) is 0.838. The molecule has 1 aromatic heterocycles. The summed E-state index contributed by atoms with van der Waals surface area (Å²) in [6.45, 7) is 3.79. The van der Waals surface area contributed by atoms with Crippen molar-refractivity contribution in [1.29, 1.82) is 0 Å². The second kappa shape index (κ2) is 5.57. The summed E-state index contributed by atoms with van der Waals surface area (Å²) in [5, 5.41) is 4.87. The third kappa shape index (κ3) is 3.24. The first-order valence-corrected chi connectivity index (χ1v) is 6.66. The first-order valence-electron chi connectivity index (χ1n) is 6.28. The van der Waals surface area contributed by atoms with Gasteiger partial charge in [-0.15, -0.1) is 0 Å². The zero-order chi connectivity index (χ0) is 13.9. The smallest absolute Gasteiger partial charge is 0.160 e. The zero-order valence-electron chi connectivity index (χ0n) is 11.1. The summed E-state index contributed by atoms with van der Waals surface area (Å²) in [6.07, 6.45) is 4.73. The van der Waals surface area contributed by atoms with Crippen molar-refractivity contribution in [2.45, 2.75) is 32.2 Å². The Labute approximate surface area is 118 Å². The van der Waals surface area contributed by atoms with Gasteiger partial charge in [-0.2, -0.15) is 5.10 Å². The Morgan fingerprint density at radius 2 is 2.00 bits per heavy atom. The van der Waals surface area contributed by atoms with Gasteiger partial charge in [-0.05, 0) is 44.0 Å². The predicted octanol–water partition coefficient (Wildman–Crippen LogP) is 3.47. The van der Waals surface area contributed by atoms with Crippen molar-refractivity contribution in [1.82, 2.24) is 9.78 Å². The van der Waals surface area contributed by atoms with Gasteiger partial charge in [0.15, 0.2) is 5.78 Å². The number of benzene rings is 1. The minimum absolute atomic E-state index is 0.172. The van der Waals surface area contributed by atoms with Gasteiger partial charge in [0.25, 0.3) is 0 Å². The molecule has 1 heterocycles. The van der Waals surface area contributed by atoms with Crippen molar-refractivity contribution in [3.8, 4) is 0 Å². The molecule has 0 atom stereocenters. The molecule has 3 nitrogen and oxygen atoms in total. The van der Waals surface area contributed by atoms with Crippen LogP contribution in [0, 0.1) is 0 Å². The molecule has 2 rings (SSSR count). The van der Waals surface area contributed by atoms with Gasteiger partial charge in [0.2, 0.25) is 0 Å². The number of Topliss-reactive ketones (excluding diaryl/α,β-unsaturated/α-hetero) is 1. The Morgan fingerprint density at radius 1 is 1.32 bits per heavy atom. The molecule has 0 N–H and O–H groups in total. The fraction of sp³-hybridized carbons (Fsp3) is 0.333. The third-order valence-electron chi connectivity index (χ3n) is 3.31. The Hall–Kier alpha value is -1.61. The van der Waals surface area contributed by atoms with Crippen LogP contribution < -0.4 is 0 Å². The number of nitrogens with zero attached hydrogens (tertiary/aromatic N) is 2. The molecule has 0 amide bonds. The molecule has 0 fully saturated rings. The van der Waals surface area contributed by atoms with Gasteiger partial charge >= 0.3 is 0 Å². The van der Waals surface area contributed by atoms with E-state index in [9.17, 15) is 4.79 Å². The predicted molar refractivity (Wildman–Crippen MR) is 76.3 cm³/mol. The molecule has 0 aliphatic carbocycles. The first-order chi connectivity index (χ1) is 9.00. The standard InChI is InChI=1S/C15H17ClN2O/c1-15(2,18-11-3-10-17-18)14(19)9-6-12-4-7-13(16)8-5-12/h3-5,7-8,10-11H,6,9H2,1-2H3. The first kappa shape index (κ1) is 13.8. The molecule has 19 heavy (non-hydrogen) atoms. The van der Waals surface area contributed by atoms with E-state index in [1.807, 2.05) is 50.4 Å². The van der Waals surface area contributed by atoms with Gasteiger partial charge in [-0.1, -0.05) is 23.7 Å². The average Bonchev–Trinajstić information content (AvgIpc) is 2.92. The van der Waals surface area contributed by atoms with Crippen LogP contribution in [0.15, 0.2) is 42.7 Å². The topological polar surface area (TPSA) is 34.9 Å². The maximum atomic E-state index is 12.3. The van der Waals surface area contributed by atoms with Crippen LogP contribution in [0.3, 0.4) is 0 Å². The van der Waals surface area contributed by atoms with Crippen LogP contribution in [0.4, 0.5) is 0 Å². The minimum atomic E-state index is -0.601. The summed E-state index contributed by atoms with van der Waals surface area (Å²) >= 11 is 5.84. The average molecular weight is 277 g/mol. The summed E-state index contributed by atoms with van der Waals surface area (Å²) in [7, 11) is 0. The molecule has 0 spiro atoms. The maximum Gasteiger partial charge on any atom is 0.160 e. The van der Waals surface area contributed by atoms with Crippen LogP contribution in [0.1, 0.15) is 25.8 Å². The van der Waals surface area contributed by atoms with Crippen molar-refractivity contribution in [3.63, 3.8) is 0 Å². The van der Waals surface area contributed by atoms with E-state index in [1.54, 1.807) is 10.9 Å². The molecule has 0 unspecified atom stereocenters.